The van der Waals surface area contributed by atoms with Crippen LogP contribution in [0, 0.1) is 0 Å². The first kappa shape index (κ1) is 23.2. The number of ether oxygens (including phenoxy) is 1. The lowest BCUT2D eigenvalue weighted by Crippen LogP contribution is -2.36. The van der Waals surface area contributed by atoms with Gasteiger partial charge in [0.1, 0.15) is 0 Å². The summed E-state index contributed by atoms with van der Waals surface area (Å²) < 4.78 is 32.4. The largest absolute Gasteiger partial charge is 0.449 e. The monoisotopic (exact) mass is 464 g/mol. The first-order valence-electron chi connectivity index (χ1n) is 10.1. The molecular weight excluding hydrogens is 440 g/mol. The lowest BCUT2D eigenvalue weighted by Gasteiger charge is -2.26. The highest BCUT2D eigenvalue weighted by molar-refractivity contribution is 7.89. The Morgan fingerprint density at radius 1 is 1.10 bits per heavy atom. The zero-order valence-electron chi connectivity index (χ0n) is 17.2. The van der Waals surface area contributed by atoms with Crippen molar-refractivity contribution in [2.45, 2.75) is 43.7 Å². The van der Waals surface area contributed by atoms with Crippen LogP contribution in [-0.2, 0) is 26.1 Å². The van der Waals surface area contributed by atoms with Gasteiger partial charge < -0.3 is 10.1 Å². The third kappa shape index (κ3) is 5.84. The number of esters is 1. The van der Waals surface area contributed by atoms with E-state index >= 15 is 0 Å². The van der Waals surface area contributed by atoms with E-state index < -0.39 is 28.0 Å². The van der Waals surface area contributed by atoms with E-state index in [1.165, 1.54) is 35.5 Å². The number of halogens is 1. The Labute approximate surface area is 187 Å². The summed E-state index contributed by atoms with van der Waals surface area (Å²) in [7, 11) is -3.67. The highest BCUT2D eigenvalue weighted by Crippen LogP contribution is 2.22. The summed E-state index contributed by atoms with van der Waals surface area (Å²) in [5.41, 5.74) is 0.815. The zero-order chi connectivity index (χ0) is 22.4. The fourth-order valence-electron chi connectivity index (χ4n) is 3.29. The van der Waals surface area contributed by atoms with E-state index in [1.807, 2.05) is 6.07 Å². The van der Waals surface area contributed by atoms with Gasteiger partial charge in [0, 0.05) is 24.7 Å². The number of hydrogen-bond donors (Lipinski definition) is 1. The fraction of sp³-hybridized carbons (Fsp3) is 0.364. The zero-order valence-corrected chi connectivity index (χ0v) is 18.8. The molecule has 7 nitrogen and oxygen atoms in total. The number of piperidine rings is 1. The second kappa shape index (κ2) is 10.3. The fourth-order valence-corrected chi connectivity index (χ4v) is 5.05. The number of carbonyl (C=O) groups is 2. The third-order valence-corrected chi connectivity index (χ3v) is 7.35. The third-order valence-electron chi connectivity index (χ3n) is 5.09. The molecule has 0 aromatic heterocycles. The van der Waals surface area contributed by atoms with Gasteiger partial charge in [-0.05, 0) is 49.6 Å². The van der Waals surface area contributed by atoms with Crippen LogP contribution < -0.4 is 5.32 Å². The minimum absolute atomic E-state index is 0.0414. The van der Waals surface area contributed by atoms with E-state index in [1.54, 1.807) is 18.2 Å². The SMILES string of the molecule is CC(OC(=O)c1cccc(S(=O)(=O)N2CCCCC2)c1)C(=O)NCc1ccccc1Cl. The number of nitrogens with zero attached hydrogens (tertiary/aromatic N) is 1. The standard InChI is InChI=1S/C22H25ClN2O5S/c1-16(21(26)24-15-18-8-3-4-11-20(18)23)30-22(27)17-9-7-10-19(14-17)31(28,29)25-12-5-2-6-13-25/h3-4,7-11,14,16H,2,5-6,12-13,15H2,1H3,(H,24,26). The van der Waals surface area contributed by atoms with Gasteiger partial charge in [-0.25, -0.2) is 13.2 Å². The van der Waals surface area contributed by atoms with Gasteiger partial charge in [-0.1, -0.05) is 42.3 Å². The minimum Gasteiger partial charge on any atom is -0.449 e. The van der Waals surface area contributed by atoms with Gasteiger partial charge in [0.15, 0.2) is 6.10 Å². The molecule has 0 aliphatic carbocycles. The maximum Gasteiger partial charge on any atom is 0.338 e. The Morgan fingerprint density at radius 2 is 1.81 bits per heavy atom. The molecule has 3 rings (SSSR count). The molecule has 0 bridgehead atoms. The number of carbonyl (C=O) groups excluding carboxylic acids is 2. The van der Waals surface area contributed by atoms with Gasteiger partial charge in [-0.3, -0.25) is 4.79 Å². The highest BCUT2D eigenvalue weighted by atomic mass is 35.5. The average Bonchev–Trinajstić information content (AvgIpc) is 2.79. The van der Waals surface area contributed by atoms with Crippen LogP contribution in [0.25, 0.3) is 0 Å². The van der Waals surface area contributed by atoms with E-state index in [0.717, 1.165) is 24.8 Å². The molecule has 1 fully saturated rings. The second-order valence-electron chi connectivity index (χ2n) is 7.35. The average molecular weight is 465 g/mol. The van der Waals surface area contributed by atoms with Crippen LogP contribution in [0.5, 0.6) is 0 Å². The summed E-state index contributed by atoms with van der Waals surface area (Å²) in [6.07, 6.45) is 1.59. The normalized spacial score (nSPS) is 15.8. The van der Waals surface area contributed by atoms with Crippen molar-refractivity contribution >= 4 is 33.5 Å². The maximum absolute atomic E-state index is 12.8. The molecule has 0 spiro atoms. The Hall–Kier alpha value is -2.42. The van der Waals surface area contributed by atoms with Crippen LogP contribution in [0.4, 0.5) is 0 Å². The van der Waals surface area contributed by atoms with Crippen molar-refractivity contribution in [2.24, 2.45) is 0 Å². The summed E-state index contributed by atoms with van der Waals surface area (Å²) >= 11 is 6.07. The van der Waals surface area contributed by atoms with Crippen molar-refractivity contribution in [2.75, 3.05) is 13.1 Å². The second-order valence-corrected chi connectivity index (χ2v) is 9.69. The van der Waals surface area contributed by atoms with E-state index in [-0.39, 0.29) is 17.0 Å². The Bertz CT molecular complexity index is 1050. The molecule has 1 N–H and O–H groups in total. The predicted octanol–water partition coefficient (Wildman–Crippen LogP) is 3.38. The molecule has 1 amide bonds. The number of benzene rings is 2. The number of nitrogens with one attached hydrogen (secondary N) is 1. The molecule has 166 valence electrons. The molecule has 1 unspecified atom stereocenters. The van der Waals surface area contributed by atoms with E-state index in [2.05, 4.69) is 5.32 Å². The molecular formula is C22H25ClN2O5S. The molecule has 1 aliphatic heterocycles. The molecule has 1 aliphatic rings. The molecule has 1 saturated heterocycles. The van der Waals surface area contributed by atoms with Crippen molar-refractivity contribution in [1.82, 2.24) is 9.62 Å². The summed E-state index contributed by atoms with van der Waals surface area (Å²) in [5, 5.41) is 3.20. The molecule has 31 heavy (non-hydrogen) atoms. The number of rotatable bonds is 7. The summed E-state index contributed by atoms with van der Waals surface area (Å²) in [6, 6.07) is 12.8. The molecule has 1 heterocycles. The highest BCUT2D eigenvalue weighted by Gasteiger charge is 2.27. The summed E-state index contributed by atoms with van der Waals surface area (Å²) in [6.45, 7) is 2.59. The van der Waals surface area contributed by atoms with Crippen LogP contribution in [0.1, 0.15) is 42.1 Å². The number of hydrogen-bond acceptors (Lipinski definition) is 5. The van der Waals surface area contributed by atoms with Gasteiger partial charge in [0.25, 0.3) is 5.91 Å². The van der Waals surface area contributed by atoms with Gasteiger partial charge >= 0.3 is 5.97 Å². The Kier molecular flexibility index (Phi) is 7.69. The number of amides is 1. The lowest BCUT2D eigenvalue weighted by atomic mass is 10.2. The molecule has 1 atom stereocenters. The van der Waals surface area contributed by atoms with Crippen molar-refractivity contribution in [3.05, 3.63) is 64.7 Å². The molecule has 0 radical (unpaired) electrons. The Morgan fingerprint density at radius 3 is 2.52 bits per heavy atom. The van der Waals surface area contributed by atoms with Gasteiger partial charge in [-0.15, -0.1) is 0 Å². The first-order valence-corrected chi connectivity index (χ1v) is 11.9. The quantitative estimate of drug-likeness (QED) is 0.634. The van der Waals surface area contributed by atoms with E-state index in [9.17, 15) is 18.0 Å². The number of sulfonamides is 1. The van der Waals surface area contributed by atoms with Crippen LogP contribution in [-0.4, -0.2) is 43.8 Å². The van der Waals surface area contributed by atoms with Crippen molar-refractivity contribution < 1.29 is 22.7 Å². The molecule has 9 heteroatoms. The predicted molar refractivity (Wildman–Crippen MR) is 117 cm³/mol. The maximum atomic E-state index is 12.8. The van der Waals surface area contributed by atoms with Gasteiger partial charge in [0.05, 0.1) is 10.5 Å². The van der Waals surface area contributed by atoms with Crippen LogP contribution >= 0.6 is 11.6 Å². The van der Waals surface area contributed by atoms with Crippen LogP contribution in [0.3, 0.4) is 0 Å². The van der Waals surface area contributed by atoms with Crippen molar-refractivity contribution in [3.63, 3.8) is 0 Å². The van der Waals surface area contributed by atoms with Crippen LogP contribution in [0.2, 0.25) is 5.02 Å². The topological polar surface area (TPSA) is 92.8 Å². The molecule has 2 aromatic carbocycles. The lowest BCUT2D eigenvalue weighted by molar-refractivity contribution is -0.129. The van der Waals surface area contributed by atoms with Crippen molar-refractivity contribution in [3.8, 4) is 0 Å². The van der Waals surface area contributed by atoms with Crippen LogP contribution in [0.15, 0.2) is 53.4 Å². The van der Waals surface area contributed by atoms with Gasteiger partial charge in [-0.2, -0.15) is 4.31 Å². The minimum atomic E-state index is -3.67. The van der Waals surface area contributed by atoms with E-state index in [0.29, 0.717) is 18.1 Å². The summed E-state index contributed by atoms with van der Waals surface area (Å²) in [5.74, 6) is -1.25. The Balaban J connectivity index is 1.62. The van der Waals surface area contributed by atoms with Crippen molar-refractivity contribution in [1.29, 1.82) is 0 Å². The molecule has 0 saturated carbocycles. The smallest absolute Gasteiger partial charge is 0.338 e. The van der Waals surface area contributed by atoms with Gasteiger partial charge in [0.2, 0.25) is 10.0 Å². The molecule has 2 aromatic rings. The summed E-state index contributed by atoms with van der Waals surface area (Å²) in [4.78, 5) is 24.8. The van der Waals surface area contributed by atoms with E-state index in [4.69, 9.17) is 16.3 Å². The first-order chi connectivity index (χ1) is 14.8.